The first kappa shape index (κ1) is 30.3. The van der Waals surface area contributed by atoms with Gasteiger partial charge in [0.15, 0.2) is 11.6 Å². The minimum absolute atomic E-state index is 0.0338. The van der Waals surface area contributed by atoms with Crippen molar-refractivity contribution in [1.82, 2.24) is 19.5 Å². The molecule has 2 aliphatic heterocycles. The van der Waals surface area contributed by atoms with Crippen molar-refractivity contribution in [2.75, 3.05) is 4.90 Å². The minimum Gasteiger partial charge on any atom is -0.466 e. The van der Waals surface area contributed by atoms with Crippen LogP contribution in [0.15, 0.2) is 145 Å². The largest absolute Gasteiger partial charge is 0.466 e. The first-order valence-corrected chi connectivity index (χ1v) is 18.0. The Bertz CT molecular complexity index is 2600. The Morgan fingerprint density at radius 1 is 0.731 bits per heavy atom. The zero-order valence-electron chi connectivity index (χ0n) is 28.5. The van der Waals surface area contributed by atoms with Crippen LogP contribution in [0.2, 0.25) is 0 Å². The Kier molecular flexibility index (Phi) is 7.21. The number of allylic oxidation sites excluding steroid dienone is 11. The molecule has 0 spiro atoms. The van der Waals surface area contributed by atoms with E-state index in [2.05, 4.69) is 119 Å². The van der Waals surface area contributed by atoms with Crippen LogP contribution in [0.3, 0.4) is 0 Å². The van der Waals surface area contributed by atoms with Crippen LogP contribution in [0.5, 0.6) is 0 Å². The summed E-state index contributed by atoms with van der Waals surface area (Å²) >= 11 is 0. The average Bonchev–Trinajstić information content (AvgIpc) is 3.73. The molecule has 0 bridgehead atoms. The van der Waals surface area contributed by atoms with Crippen molar-refractivity contribution in [2.24, 2.45) is 5.92 Å². The fraction of sp³-hybridized carbons (Fsp3) is 0.156. The Morgan fingerprint density at radius 3 is 2.35 bits per heavy atom. The lowest BCUT2D eigenvalue weighted by Crippen LogP contribution is -2.34. The normalized spacial score (nSPS) is 20.4. The molecule has 5 aromatic rings. The van der Waals surface area contributed by atoms with Crippen LogP contribution in [0.4, 0.5) is 5.95 Å². The summed E-state index contributed by atoms with van der Waals surface area (Å²) in [7, 11) is 0. The maximum absolute atomic E-state index is 9.43. The first-order valence-electron chi connectivity index (χ1n) is 18.0. The van der Waals surface area contributed by atoms with E-state index in [-0.39, 0.29) is 12.0 Å². The highest BCUT2D eigenvalue weighted by atomic mass is 16.5. The maximum atomic E-state index is 9.43. The van der Waals surface area contributed by atoms with Gasteiger partial charge in [-0.2, -0.15) is 15.2 Å². The molecule has 5 aliphatic rings. The zero-order valence-corrected chi connectivity index (χ0v) is 28.5. The Morgan fingerprint density at radius 2 is 1.52 bits per heavy atom. The van der Waals surface area contributed by atoms with Crippen molar-refractivity contribution >= 4 is 44.6 Å². The van der Waals surface area contributed by atoms with E-state index < -0.39 is 0 Å². The van der Waals surface area contributed by atoms with Gasteiger partial charge in [-0.1, -0.05) is 78.9 Å². The topological polar surface area (TPSA) is 79.9 Å². The number of nitrogens with zero attached hydrogens (tertiary/aromatic N) is 6. The second kappa shape index (κ2) is 12.4. The number of ether oxygens (including phenoxy) is 1. The summed E-state index contributed by atoms with van der Waals surface area (Å²) in [6.07, 6.45) is 28.1. The van der Waals surface area contributed by atoms with Gasteiger partial charge in [0.25, 0.3) is 0 Å². The first-order chi connectivity index (χ1) is 25.7. The van der Waals surface area contributed by atoms with Gasteiger partial charge >= 0.3 is 0 Å². The number of fused-ring (bicyclic) bond motifs is 5. The quantitative estimate of drug-likeness (QED) is 0.185. The number of hydrogen-bond donors (Lipinski definition) is 0. The van der Waals surface area contributed by atoms with E-state index in [0.29, 0.717) is 29.6 Å². The Hall–Kier alpha value is -6.52. The second-order valence-corrected chi connectivity index (χ2v) is 13.7. The second-order valence-electron chi connectivity index (χ2n) is 13.7. The predicted molar refractivity (Wildman–Crippen MR) is 207 cm³/mol. The van der Waals surface area contributed by atoms with E-state index in [4.69, 9.17) is 19.7 Å². The number of para-hydroxylation sites is 1. The molecule has 0 saturated carbocycles. The molecular formula is C45H34N6O. The average molecular weight is 675 g/mol. The van der Waals surface area contributed by atoms with Crippen LogP contribution >= 0.6 is 0 Å². The summed E-state index contributed by atoms with van der Waals surface area (Å²) in [5.41, 5.74) is 9.58. The van der Waals surface area contributed by atoms with E-state index in [1.54, 1.807) is 0 Å². The van der Waals surface area contributed by atoms with Gasteiger partial charge in [0.05, 0.1) is 46.6 Å². The van der Waals surface area contributed by atoms with E-state index in [1.165, 1.54) is 27.5 Å². The molecule has 0 radical (unpaired) electrons. The smallest absolute Gasteiger partial charge is 0.234 e. The third kappa shape index (κ3) is 4.98. The molecule has 3 aromatic carbocycles. The summed E-state index contributed by atoms with van der Waals surface area (Å²) in [5.74, 6) is 2.82. The molecule has 7 heteroatoms. The number of nitriles is 1. The van der Waals surface area contributed by atoms with Crippen molar-refractivity contribution < 1.29 is 4.74 Å². The van der Waals surface area contributed by atoms with E-state index in [1.807, 2.05) is 30.5 Å². The molecule has 2 unspecified atom stereocenters. The molecule has 0 saturated heterocycles. The highest BCUT2D eigenvalue weighted by molar-refractivity contribution is 6.11. The van der Waals surface area contributed by atoms with Gasteiger partial charge in [0.1, 0.15) is 5.76 Å². The van der Waals surface area contributed by atoms with Crippen molar-refractivity contribution in [2.45, 2.75) is 38.1 Å². The highest BCUT2D eigenvalue weighted by Gasteiger charge is 2.44. The molecule has 0 N–H and O–H groups in total. The molecule has 0 fully saturated rings. The third-order valence-corrected chi connectivity index (χ3v) is 10.7. The molecule has 7 nitrogen and oxygen atoms in total. The van der Waals surface area contributed by atoms with Gasteiger partial charge in [-0.3, -0.25) is 0 Å². The standard InChI is InChI=1S/C45H34N6O/c46-27-29-19-21-31(22-20-29)44-47-43(30-11-3-1-4-12-30)48-45(49-44)51-39-18-10-8-16-36(39)42-41(51)26-33(28-52-42)32-23-24-40-37(25-32)35-15-7-9-17-38(35)50(40)34-13-5-2-6-14-34/h1-3,5,7-11,13,15-25,28,36,39H,4,6,12,14,26H2. The molecule has 2 aromatic heterocycles. The van der Waals surface area contributed by atoms with Gasteiger partial charge in [-0.25, -0.2) is 4.98 Å². The summed E-state index contributed by atoms with van der Waals surface area (Å²) in [6, 6.07) is 25.2. The van der Waals surface area contributed by atoms with Crippen LogP contribution in [-0.2, 0) is 4.74 Å². The number of benzene rings is 3. The molecular weight excluding hydrogens is 641 g/mol. The van der Waals surface area contributed by atoms with Gasteiger partial charge in [0, 0.05) is 34.0 Å². The van der Waals surface area contributed by atoms with Gasteiger partial charge in [0.2, 0.25) is 5.95 Å². The van der Waals surface area contributed by atoms with Crippen LogP contribution in [-0.4, -0.2) is 25.6 Å². The van der Waals surface area contributed by atoms with E-state index >= 15 is 0 Å². The Balaban J connectivity index is 1.07. The maximum Gasteiger partial charge on any atom is 0.234 e. The van der Waals surface area contributed by atoms with E-state index in [0.717, 1.165) is 59.4 Å². The fourth-order valence-corrected chi connectivity index (χ4v) is 8.16. The molecule has 0 amide bonds. The SMILES string of the molecule is N#Cc1ccc(-c2nc(C3=CC=CCC3)nc(N3C4=C(OC=C(c5ccc6c(c5)c5ccccc5n6C5=CC=CCC5)C4)C4C=CC=CC43)n2)cc1. The number of rotatable bonds is 5. The molecule has 4 heterocycles. The minimum atomic E-state index is -0.0367. The van der Waals surface area contributed by atoms with Gasteiger partial charge < -0.3 is 14.2 Å². The van der Waals surface area contributed by atoms with Crippen LogP contribution in [0, 0.1) is 17.2 Å². The summed E-state index contributed by atoms with van der Waals surface area (Å²) in [4.78, 5) is 17.5. The lowest BCUT2D eigenvalue weighted by molar-refractivity contribution is 0.306. The van der Waals surface area contributed by atoms with Gasteiger partial charge in [-0.05, 0) is 85.4 Å². The van der Waals surface area contributed by atoms with Crippen LogP contribution in [0.1, 0.15) is 49.1 Å². The number of hydrogen-bond acceptors (Lipinski definition) is 6. The van der Waals surface area contributed by atoms with Crippen molar-refractivity contribution in [1.29, 1.82) is 5.26 Å². The van der Waals surface area contributed by atoms with Crippen LogP contribution < -0.4 is 4.90 Å². The van der Waals surface area contributed by atoms with Crippen molar-refractivity contribution in [3.05, 3.63) is 162 Å². The lowest BCUT2D eigenvalue weighted by Gasteiger charge is -2.29. The molecule has 2 atom stereocenters. The predicted octanol–water partition coefficient (Wildman–Crippen LogP) is 10.0. The fourth-order valence-electron chi connectivity index (χ4n) is 8.16. The molecule has 250 valence electrons. The summed E-state index contributed by atoms with van der Waals surface area (Å²) < 4.78 is 9.05. The molecule has 52 heavy (non-hydrogen) atoms. The third-order valence-electron chi connectivity index (χ3n) is 10.7. The van der Waals surface area contributed by atoms with Gasteiger partial charge in [-0.15, -0.1) is 0 Å². The molecule has 10 rings (SSSR count). The summed E-state index contributed by atoms with van der Waals surface area (Å²) in [5, 5.41) is 11.9. The van der Waals surface area contributed by atoms with Crippen molar-refractivity contribution in [3.8, 4) is 17.5 Å². The molecule has 3 aliphatic carbocycles. The lowest BCUT2D eigenvalue weighted by atomic mass is 9.94. The van der Waals surface area contributed by atoms with Crippen LogP contribution in [0.25, 0.3) is 50.0 Å². The number of aromatic nitrogens is 4. The zero-order chi connectivity index (χ0) is 34.6. The monoisotopic (exact) mass is 674 g/mol. The summed E-state index contributed by atoms with van der Waals surface area (Å²) in [6.45, 7) is 0. The Labute approximate surface area is 301 Å². The van der Waals surface area contributed by atoms with E-state index in [9.17, 15) is 5.26 Å². The van der Waals surface area contributed by atoms with Crippen molar-refractivity contribution in [3.63, 3.8) is 0 Å². The highest BCUT2D eigenvalue weighted by Crippen LogP contribution is 2.47. The number of anilines is 1.